The van der Waals surface area contributed by atoms with Crippen molar-refractivity contribution in [2.24, 2.45) is 0 Å². The number of carbonyl (C=O) groups excluding carboxylic acids is 2. The fourth-order valence-corrected chi connectivity index (χ4v) is 6.33. The number of ether oxygens (including phenoxy) is 2. The molecule has 0 radical (unpaired) electrons. The van der Waals surface area contributed by atoms with Crippen molar-refractivity contribution >= 4 is 23.6 Å². The van der Waals surface area contributed by atoms with Crippen LogP contribution in [-0.4, -0.2) is 82.0 Å². The second-order valence-corrected chi connectivity index (χ2v) is 11.9. The monoisotopic (exact) mass is 613 g/mol. The molecule has 1 unspecified atom stereocenters. The smallest absolute Gasteiger partial charge is 0.254 e. The van der Waals surface area contributed by atoms with Gasteiger partial charge in [0.2, 0.25) is 5.91 Å². The molecule has 0 bridgehead atoms. The third-order valence-electron chi connectivity index (χ3n) is 7.83. The van der Waals surface area contributed by atoms with Gasteiger partial charge in [-0.1, -0.05) is 42.1 Å². The summed E-state index contributed by atoms with van der Waals surface area (Å²) in [5.74, 6) is 3.34. The molecule has 0 spiro atoms. The number of amides is 2. The van der Waals surface area contributed by atoms with E-state index >= 15 is 0 Å². The summed E-state index contributed by atoms with van der Waals surface area (Å²) in [6.07, 6.45) is 2.83. The maximum absolute atomic E-state index is 13.0. The van der Waals surface area contributed by atoms with Gasteiger partial charge in [-0.2, -0.15) is 0 Å². The molecule has 1 saturated heterocycles. The van der Waals surface area contributed by atoms with E-state index in [0.29, 0.717) is 38.0 Å². The minimum Gasteiger partial charge on any atom is -0.497 e. The average Bonchev–Trinajstić information content (AvgIpc) is 3.46. The Hall–Kier alpha value is -4.31. The molecule has 5 rings (SSSR count). The highest BCUT2D eigenvalue weighted by molar-refractivity contribution is 7.99. The van der Waals surface area contributed by atoms with Gasteiger partial charge in [0.25, 0.3) is 5.91 Å². The molecular formula is C34H39N5O4S. The lowest BCUT2D eigenvalue weighted by Gasteiger charge is -2.40. The molecule has 230 valence electrons. The van der Waals surface area contributed by atoms with Crippen LogP contribution in [0.3, 0.4) is 0 Å². The van der Waals surface area contributed by atoms with Crippen molar-refractivity contribution in [2.75, 3.05) is 39.6 Å². The van der Waals surface area contributed by atoms with Gasteiger partial charge in [-0.05, 0) is 73.9 Å². The number of unbranched alkanes of at least 4 members (excludes halogenated alkanes) is 1. The molecule has 0 saturated carbocycles. The summed E-state index contributed by atoms with van der Waals surface area (Å²) in [5.41, 5.74) is 2.79. The second kappa shape index (κ2) is 14.9. The van der Waals surface area contributed by atoms with E-state index in [9.17, 15) is 9.59 Å². The Balaban J connectivity index is 1.12. The summed E-state index contributed by atoms with van der Waals surface area (Å²) < 4.78 is 12.7. The number of thioether (sulfide) groups is 1. The van der Waals surface area contributed by atoms with Crippen LogP contribution in [0.5, 0.6) is 11.5 Å². The molecule has 1 atom stereocenters. The number of carbonyl (C=O) groups is 2. The van der Waals surface area contributed by atoms with E-state index < -0.39 is 0 Å². The van der Waals surface area contributed by atoms with Crippen molar-refractivity contribution < 1.29 is 19.1 Å². The molecule has 1 fully saturated rings. The van der Waals surface area contributed by atoms with E-state index in [2.05, 4.69) is 26.9 Å². The van der Waals surface area contributed by atoms with Crippen molar-refractivity contribution in [1.82, 2.24) is 24.6 Å². The van der Waals surface area contributed by atoms with Crippen LogP contribution in [-0.2, 0) is 11.2 Å². The molecule has 2 heterocycles. The highest BCUT2D eigenvalue weighted by Gasteiger charge is 2.30. The van der Waals surface area contributed by atoms with E-state index in [1.165, 1.54) is 5.56 Å². The number of nitrogens with zero attached hydrogens (tertiary/aromatic N) is 5. The van der Waals surface area contributed by atoms with Crippen molar-refractivity contribution in [2.45, 2.75) is 43.8 Å². The highest BCUT2D eigenvalue weighted by atomic mass is 32.2. The molecule has 9 nitrogen and oxygen atoms in total. The maximum atomic E-state index is 13.0. The van der Waals surface area contributed by atoms with Crippen LogP contribution in [0, 0.1) is 0 Å². The first kappa shape index (κ1) is 31.1. The van der Waals surface area contributed by atoms with Crippen LogP contribution < -0.4 is 9.47 Å². The Morgan fingerprint density at radius 2 is 1.55 bits per heavy atom. The van der Waals surface area contributed by atoms with Crippen LogP contribution >= 0.6 is 11.8 Å². The molecular weight excluding hydrogens is 574 g/mol. The number of aromatic nitrogens is 3. The second-order valence-electron chi connectivity index (χ2n) is 10.8. The van der Waals surface area contributed by atoms with Crippen molar-refractivity contribution in [3.05, 3.63) is 95.8 Å². The molecule has 1 aliphatic heterocycles. The van der Waals surface area contributed by atoms with E-state index in [4.69, 9.17) is 9.47 Å². The number of hydrogen-bond donors (Lipinski definition) is 0. The van der Waals surface area contributed by atoms with Gasteiger partial charge < -0.3 is 19.3 Å². The average molecular weight is 614 g/mol. The van der Waals surface area contributed by atoms with E-state index in [1.807, 2.05) is 59.2 Å². The van der Waals surface area contributed by atoms with E-state index in [1.54, 1.807) is 50.2 Å². The van der Waals surface area contributed by atoms with Gasteiger partial charge in [0.1, 0.15) is 17.3 Å². The van der Waals surface area contributed by atoms with Crippen molar-refractivity contribution in [1.29, 1.82) is 0 Å². The molecule has 2 amide bonds. The first-order chi connectivity index (χ1) is 21.5. The Morgan fingerprint density at radius 1 is 0.864 bits per heavy atom. The van der Waals surface area contributed by atoms with Crippen LogP contribution in [0.4, 0.5) is 0 Å². The van der Waals surface area contributed by atoms with E-state index in [-0.39, 0.29) is 17.9 Å². The lowest BCUT2D eigenvalue weighted by molar-refractivity contribution is -0.133. The molecule has 4 aromatic rings. The minimum atomic E-state index is -0.0488. The lowest BCUT2D eigenvalue weighted by atomic mass is 10.1. The molecule has 44 heavy (non-hydrogen) atoms. The zero-order chi connectivity index (χ0) is 30.9. The van der Waals surface area contributed by atoms with Gasteiger partial charge >= 0.3 is 0 Å². The van der Waals surface area contributed by atoms with Crippen LogP contribution in [0.1, 0.15) is 47.9 Å². The van der Waals surface area contributed by atoms with Crippen LogP contribution in [0.15, 0.2) is 84.0 Å². The molecule has 1 aromatic heterocycles. The summed E-state index contributed by atoms with van der Waals surface area (Å²) in [6.45, 7) is 3.63. The molecule has 10 heteroatoms. The third-order valence-corrected chi connectivity index (χ3v) is 8.85. The fraction of sp³-hybridized carbons (Fsp3) is 0.353. The summed E-state index contributed by atoms with van der Waals surface area (Å²) in [5, 5.41) is 9.90. The molecule has 1 aliphatic rings. The Labute approximate surface area is 263 Å². The number of methoxy groups -OCH3 is 2. The van der Waals surface area contributed by atoms with Gasteiger partial charge in [0.15, 0.2) is 5.16 Å². The number of hydrogen-bond acceptors (Lipinski definition) is 7. The van der Waals surface area contributed by atoms with Gasteiger partial charge in [-0.3, -0.25) is 14.2 Å². The largest absolute Gasteiger partial charge is 0.497 e. The third kappa shape index (κ3) is 7.60. The summed E-state index contributed by atoms with van der Waals surface area (Å²) in [6, 6.07) is 25.3. The Kier molecular flexibility index (Phi) is 10.6. The maximum Gasteiger partial charge on any atom is 0.254 e. The van der Waals surface area contributed by atoms with E-state index in [0.717, 1.165) is 46.8 Å². The van der Waals surface area contributed by atoms with Crippen LogP contribution in [0.25, 0.3) is 5.69 Å². The van der Waals surface area contributed by atoms with Gasteiger partial charge in [-0.25, -0.2) is 0 Å². The fourth-order valence-electron chi connectivity index (χ4n) is 5.36. The standard InChI is InChI=1S/C34H39N5O4S/c1-25-24-37(20-21-38(25)33(41)27-12-16-29(42-2)17-13-27)32(40)11-7-8-22-44-34-36-35-31(23-26-9-5-4-6-10-26)39(34)28-14-18-30(43-3)19-15-28/h4-6,9-10,12-19,25H,7-8,11,20-24H2,1-3H3. The van der Waals surface area contributed by atoms with Gasteiger partial charge in [0, 0.05) is 55.5 Å². The summed E-state index contributed by atoms with van der Waals surface area (Å²) >= 11 is 1.66. The zero-order valence-corrected chi connectivity index (χ0v) is 26.3. The predicted octanol–water partition coefficient (Wildman–Crippen LogP) is 5.51. The lowest BCUT2D eigenvalue weighted by Crippen LogP contribution is -2.55. The Bertz CT molecular complexity index is 1530. The normalized spacial score (nSPS) is 14.8. The number of piperazine rings is 1. The quantitative estimate of drug-likeness (QED) is 0.154. The van der Waals surface area contributed by atoms with Crippen LogP contribution in [0.2, 0.25) is 0 Å². The zero-order valence-electron chi connectivity index (χ0n) is 25.5. The first-order valence-corrected chi connectivity index (χ1v) is 15.9. The SMILES string of the molecule is COc1ccc(C(=O)N2CCN(C(=O)CCCCSc3nnc(Cc4ccccc4)n3-c3ccc(OC)cc3)CC2C)cc1. The predicted molar refractivity (Wildman–Crippen MR) is 172 cm³/mol. The molecule has 3 aromatic carbocycles. The molecule has 0 aliphatic carbocycles. The summed E-state index contributed by atoms with van der Waals surface area (Å²) in [4.78, 5) is 29.8. The highest BCUT2D eigenvalue weighted by Crippen LogP contribution is 2.26. The molecule has 0 N–H and O–H groups in total. The summed E-state index contributed by atoms with van der Waals surface area (Å²) in [7, 11) is 3.26. The topological polar surface area (TPSA) is 89.8 Å². The number of benzene rings is 3. The van der Waals surface area contributed by atoms with Gasteiger partial charge in [0.05, 0.1) is 14.2 Å². The minimum absolute atomic E-state index is 0.0151. The van der Waals surface area contributed by atoms with Crippen molar-refractivity contribution in [3.63, 3.8) is 0 Å². The Morgan fingerprint density at radius 3 is 2.20 bits per heavy atom. The first-order valence-electron chi connectivity index (χ1n) is 14.9. The number of rotatable bonds is 12. The van der Waals surface area contributed by atoms with Crippen molar-refractivity contribution in [3.8, 4) is 17.2 Å². The van der Waals surface area contributed by atoms with Gasteiger partial charge in [-0.15, -0.1) is 10.2 Å².